The van der Waals surface area contributed by atoms with E-state index >= 15 is 0 Å². The molecular formula is C21H35NO4Si. The summed E-state index contributed by atoms with van der Waals surface area (Å²) in [6, 6.07) is 2.85. The third-order valence-corrected chi connectivity index (χ3v) is 11.6. The first-order valence-electron chi connectivity index (χ1n) is 10.2. The van der Waals surface area contributed by atoms with Gasteiger partial charge in [0.2, 0.25) is 0 Å². The van der Waals surface area contributed by atoms with Crippen molar-refractivity contribution in [2.75, 3.05) is 6.54 Å². The van der Waals surface area contributed by atoms with Crippen LogP contribution in [0.3, 0.4) is 0 Å². The number of carbonyl (C=O) groups is 2. The topological polar surface area (TPSA) is 66.8 Å². The molecule has 1 aliphatic heterocycles. The van der Waals surface area contributed by atoms with E-state index in [-0.39, 0.29) is 5.78 Å². The van der Waals surface area contributed by atoms with Crippen LogP contribution in [0.4, 0.5) is 4.79 Å². The van der Waals surface area contributed by atoms with Crippen LogP contribution in [-0.4, -0.2) is 48.2 Å². The van der Waals surface area contributed by atoms with E-state index in [4.69, 9.17) is 4.74 Å². The van der Waals surface area contributed by atoms with Crippen molar-refractivity contribution in [1.82, 2.24) is 4.90 Å². The molecule has 0 aromatic rings. The van der Waals surface area contributed by atoms with Crippen LogP contribution < -0.4 is 0 Å². The van der Waals surface area contributed by atoms with E-state index in [1.165, 1.54) is 0 Å². The predicted molar refractivity (Wildman–Crippen MR) is 110 cm³/mol. The summed E-state index contributed by atoms with van der Waals surface area (Å²) < 4.78 is 5.65. The summed E-state index contributed by atoms with van der Waals surface area (Å²) in [6.07, 6.45) is 1.54. The Morgan fingerprint density at radius 2 is 1.85 bits per heavy atom. The maximum absolute atomic E-state index is 13.5. The number of ether oxygens (including phenoxy) is 1. The number of allylic oxidation sites excluding steroid dienone is 2. The number of rotatable bonds is 5. The highest BCUT2D eigenvalue weighted by Gasteiger charge is 2.51. The molecule has 0 radical (unpaired) electrons. The van der Waals surface area contributed by atoms with Gasteiger partial charge in [-0.15, -0.1) is 0 Å². The zero-order valence-electron chi connectivity index (χ0n) is 17.9. The summed E-state index contributed by atoms with van der Waals surface area (Å²) in [5, 5.41) is 11.2. The summed E-state index contributed by atoms with van der Waals surface area (Å²) in [7, 11) is -2.06. The third kappa shape index (κ3) is 3.92. The zero-order chi connectivity index (χ0) is 20.6. The van der Waals surface area contributed by atoms with Crippen LogP contribution in [0.15, 0.2) is 22.5 Å². The average Bonchev–Trinajstić information content (AvgIpc) is 2.88. The molecule has 1 amide bonds. The third-order valence-electron chi connectivity index (χ3n) is 6.02. The molecule has 0 saturated carbocycles. The fourth-order valence-electron chi connectivity index (χ4n) is 4.45. The molecule has 1 N–H and O–H groups in total. The van der Waals surface area contributed by atoms with Crippen molar-refractivity contribution in [3.8, 4) is 0 Å². The summed E-state index contributed by atoms with van der Waals surface area (Å²) in [4.78, 5) is 28.1. The van der Waals surface area contributed by atoms with E-state index in [0.29, 0.717) is 13.0 Å². The highest BCUT2D eigenvalue weighted by atomic mass is 28.3. The predicted octanol–water partition coefficient (Wildman–Crippen LogP) is 4.44. The van der Waals surface area contributed by atoms with Gasteiger partial charge in [-0.05, 0) is 39.7 Å². The molecule has 0 bridgehead atoms. The molecule has 27 heavy (non-hydrogen) atoms. The maximum atomic E-state index is 13.5. The van der Waals surface area contributed by atoms with Crippen molar-refractivity contribution < 1.29 is 19.4 Å². The van der Waals surface area contributed by atoms with Crippen LogP contribution in [0.5, 0.6) is 0 Å². The number of fused-ring (bicyclic) bond motifs is 1. The van der Waals surface area contributed by atoms with Gasteiger partial charge in [-0.3, -0.25) is 9.69 Å². The standard InChI is InChI=1S/C21H35NO4Si/c1-8-27(9-2,10-3)19-17-15(16(14(4)23)18(19)24)12-11-13-22(17)20(25)26-21(5,6)7/h12,14,16,23H,8-11,13H2,1-7H3/t14-,16-/m1/s1. The molecule has 1 aliphatic carbocycles. The highest BCUT2D eigenvalue weighted by molar-refractivity contribution is 6.90. The van der Waals surface area contributed by atoms with Crippen LogP contribution in [0.2, 0.25) is 18.1 Å². The van der Waals surface area contributed by atoms with Crippen molar-refractivity contribution in [2.45, 2.75) is 84.7 Å². The summed E-state index contributed by atoms with van der Waals surface area (Å²) >= 11 is 0. The Morgan fingerprint density at radius 1 is 1.30 bits per heavy atom. The Balaban J connectivity index is 2.67. The van der Waals surface area contributed by atoms with Crippen molar-refractivity contribution in [3.63, 3.8) is 0 Å². The number of hydrogen-bond donors (Lipinski definition) is 1. The molecule has 5 nitrogen and oxygen atoms in total. The van der Waals surface area contributed by atoms with E-state index in [0.717, 1.165) is 34.6 Å². The normalized spacial score (nSPS) is 21.9. The Kier molecular flexibility index (Phi) is 6.42. The molecule has 0 unspecified atom stereocenters. The lowest BCUT2D eigenvalue weighted by Gasteiger charge is -2.35. The molecule has 2 atom stereocenters. The number of hydrogen-bond acceptors (Lipinski definition) is 4. The first kappa shape index (κ1) is 21.9. The second-order valence-corrected chi connectivity index (χ2v) is 13.9. The highest BCUT2D eigenvalue weighted by Crippen LogP contribution is 2.46. The van der Waals surface area contributed by atoms with Crippen LogP contribution in [0.25, 0.3) is 0 Å². The molecule has 6 heteroatoms. The molecule has 2 rings (SSSR count). The minimum atomic E-state index is -2.06. The van der Waals surface area contributed by atoms with Gasteiger partial charge in [0, 0.05) is 11.7 Å². The lowest BCUT2D eigenvalue weighted by molar-refractivity contribution is -0.119. The smallest absolute Gasteiger partial charge is 0.414 e. The fraction of sp³-hybridized carbons (Fsp3) is 0.714. The van der Waals surface area contributed by atoms with Crippen molar-refractivity contribution in [1.29, 1.82) is 0 Å². The van der Waals surface area contributed by atoms with Gasteiger partial charge in [-0.1, -0.05) is 45.0 Å². The minimum Gasteiger partial charge on any atom is -0.443 e. The quantitative estimate of drug-likeness (QED) is 0.702. The Hall–Kier alpha value is -1.40. The molecule has 2 aliphatic rings. The maximum Gasteiger partial charge on any atom is 0.414 e. The minimum absolute atomic E-state index is 0.0268. The van der Waals surface area contributed by atoms with Crippen LogP contribution in [0, 0.1) is 5.92 Å². The van der Waals surface area contributed by atoms with E-state index in [2.05, 4.69) is 20.8 Å². The van der Waals surface area contributed by atoms with Crippen LogP contribution in [-0.2, 0) is 9.53 Å². The van der Waals surface area contributed by atoms with Gasteiger partial charge in [-0.25, -0.2) is 4.79 Å². The first-order chi connectivity index (χ1) is 12.5. The first-order valence-corrected chi connectivity index (χ1v) is 12.8. The Morgan fingerprint density at radius 3 is 2.30 bits per heavy atom. The number of amides is 1. The number of Topliss-reactive ketones (excluding diaryl/α,β-unsaturated/α-hetero) is 1. The van der Waals surface area contributed by atoms with Crippen molar-refractivity contribution in [2.24, 2.45) is 5.92 Å². The van der Waals surface area contributed by atoms with Gasteiger partial charge < -0.3 is 9.84 Å². The van der Waals surface area contributed by atoms with Gasteiger partial charge in [-0.2, -0.15) is 0 Å². The molecule has 0 aromatic heterocycles. The van der Waals surface area contributed by atoms with Gasteiger partial charge in [0.25, 0.3) is 0 Å². The molecule has 0 spiro atoms. The molecule has 1 heterocycles. The number of carbonyl (C=O) groups excluding carboxylic acids is 2. The molecule has 0 aromatic carbocycles. The van der Waals surface area contributed by atoms with Crippen molar-refractivity contribution in [3.05, 3.63) is 22.5 Å². The lowest BCUT2D eigenvalue weighted by atomic mass is 9.92. The Bertz CT molecular complexity index is 660. The SMILES string of the molecule is CC[Si](CC)(CC)C1=C2C(=CCCN2C(=O)OC(C)(C)C)[C@@H]([C@@H](C)O)C1=O. The molecule has 152 valence electrons. The van der Waals surface area contributed by atoms with Gasteiger partial charge in [0.05, 0.1) is 25.8 Å². The summed E-state index contributed by atoms with van der Waals surface area (Å²) in [5.41, 5.74) is 0.984. The van der Waals surface area contributed by atoms with Crippen molar-refractivity contribution >= 4 is 20.0 Å². The van der Waals surface area contributed by atoms with Crippen LogP contribution >= 0.6 is 0 Å². The number of aliphatic hydroxyl groups excluding tert-OH is 1. The zero-order valence-corrected chi connectivity index (χ0v) is 18.9. The van der Waals surface area contributed by atoms with Gasteiger partial charge >= 0.3 is 6.09 Å². The van der Waals surface area contributed by atoms with E-state index in [1.807, 2.05) is 26.8 Å². The van der Waals surface area contributed by atoms with E-state index < -0.39 is 31.8 Å². The summed E-state index contributed by atoms with van der Waals surface area (Å²) in [5.74, 6) is -0.532. The Labute approximate surface area is 164 Å². The number of ketones is 1. The largest absolute Gasteiger partial charge is 0.443 e. The van der Waals surface area contributed by atoms with E-state index in [1.54, 1.807) is 11.8 Å². The second-order valence-electron chi connectivity index (χ2n) is 8.73. The average molecular weight is 394 g/mol. The molecule has 0 saturated heterocycles. The van der Waals surface area contributed by atoms with Gasteiger partial charge in [0.15, 0.2) is 5.78 Å². The monoisotopic (exact) mass is 393 g/mol. The van der Waals surface area contributed by atoms with Crippen LogP contribution in [0.1, 0.15) is 54.9 Å². The molecular weight excluding hydrogens is 358 g/mol. The second kappa shape index (κ2) is 7.92. The summed E-state index contributed by atoms with van der Waals surface area (Å²) in [6.45, 7) is 14.2. The fourth-order valence-corrected chi connectivity index (χ4v) is 8.47. The molecule has 0 fully saturated rings. The number of aliphatic hydroxyl groups is 1. The van der Waals surface area contributed by atoms with Gasteiger partial charge in [0.1, 0.15) is 5.60 Å². The number of nitrogens with zero attached hydrogens (tertiary/aromatic N) is 1. The lowest BCUT2D eigenvalue weighted by Crippen LogP contribution is -2.43. The van der Waals surface area contributed by atoms with E-state index in [9.17, 15) is 14.7 Å².